The van der Waals surface area contributed by atoms with Crippen molar-refractivity contribution in [1.82, 2.24) is 19.6 Å². The standard InChI is InChI=1S/C13H22N4O3/c1-10-11(13(20-3)15(2)14-10)8-16-4-6-17(7-5-16)9-12(18)19/h4-9H2,1-3H3,(H,18,19). The Balaban J connectivity index is 1.94. The van der Waals surface area contributed by atoms with Gasteiger partial charge in [-0.05, 0) is 6.92 Å². The molecule has 2 rings (SSSR count). The van der Waals surface area contributed by atoms with E-state index in [4.69, 9.17) is 9.84 Å². The molecule has 0 atom stereocenters. The third kappa shape index (κ3) is 3.29. The number of carboxylic acids is 1. The maximum Gasteiger partial charge on any atom is 0.317 e. The van der Waals surface area contributed by atoms with Crippen LogP contribution in [0.3, 0.4) is 0 Å². The van der Waals surface area contributed by atoms with Gasteiger partial charge in [-0.3, -0.25) is 14.6 Å². The molecule has 1 saturated heterocycles. The fourth-order valence-corrected chi connectivity index (χ4v) is 2.64. The lowest BCUT2D eigenvalue weighted by molar-refractivity contribution is -0.138. The molecule has 1 aliphatic rings. The van der Waals surface area contributed by atoms with Crippen LogP contribution in [0, 0.1) is 6.92 Å². The molecular weight excluding hydrogens is 260 g/mol. The molecule has 1 aromatic rings. The fourth-order valence-electron chi connectivity index (χ4n) is 2.64. The van der Waals surface area contributed by atoms with Crippen molar-refractivity contribution < 1.29 is 14.6 Å². The minimum absolute atomic E-state index is 0.128. The maximum absolute atomic E-state index is 10.7. The summed E-state index contributed by atoms with van der Waals surface area (Å²) in [5, 5.41) is 13.2. The van der Waals surface area contributed by atoms with Gasteiger partial charge in [0.15, 0.2) is 0 Å². The van der Waals surface area contributed by atoms with Crippen LogP contribution in [-0.2, 0) is 18.4 Å². The lowest BCUT2D eigenvalue weighted by Gasteiger charge is -2.33. The van der Waals surface area contributed by atoms with E-state index in [1.807, 2.05) is 18.9 Å². The molecule has 1 aliphatic heterocycles. The third-order valence-corrected chi connectivity index (χ3v) is 3.69. The lowest BCUT2D eigenvalue weighted by Crippen LogP contribution is -2.47. The highest BCUT2D eigenvalue weighted by molar-refractivity contribution is 5.69. The third-order valence-electron chi connectivity index (χ3n) is 3.69. The zero-order valence-electron chi connectivity index (χ0n) is 12.3. The summed E-state index contributed by atoms with van der Waals surface area (Å²) in [4.78, 5) is 15.0. The molecule has 0 saturated carbocycles. The molecule has 7 heteroatoms. The molecule has 1 fully saturated rings. The van der Waals surface area contributed by atoms with Gasteiger partial charge in [0.1, 0.15) is 0 Å². The van der Waals surface area contributed by atoms with E-state index in [-0.39, 0.29) is 6.54 Å². The zero-order valence-corrected chi connectivity index (χ0v) is 12.3. The predicted molar refractivity (Wildman–Crippen MR) is 73.8 cm³/mol. The molecule has 20 heavy (non-hydrogen) atoms. The van der Waals surface area contributed by atoms with E-state index >= 15 is 0 Å². The quantitative estimate of drug-likeness (QED) is 0.816. The Morgan fingerprint density at radius 3 is 2.45 bits per heavy atom. The molecule has 0 unspecified atom stereocenters. The van der Waals surface area contributed by atoms with Gasteiger partial charge in [-0.15, -0.1) is 0 Å². The summed E-state index contributed by atoms with van der Waals surface area (Å²) in [6, 6.07) is 0. The maximum atomic E-state index is 10.7. The normalized spacial score (nSPS) is 17.4. The van der Waals surface area contributed by atoms with Crippen LogP contribution in [-0.4, -0.2) is 70.5 Å². The summed E-state index contributed by atoms with van der Waals surface area (Å²) in [6.45, 7) is 6.21. The van der Waals surface area contributed by atoms with Gasteiger partial charge < -0.3 is 9.84 Å². The monoisotopic (exact) mass is 282 g/mol. The Labute approximate surface area is 118 Å². The smallest absolute Gasteiger partial charge is 0.317 e. The van der Waals surface area contributed by atoms with Gasteiger partial charge in [-0.1, -0.05) is 0 Å². The first-order valence-corrected chi connectivity index (χ1v) is 6.74. The Kier molecular flexibility index (Phi) is 4.61. The Bertz CT molecular complexity index is 478. The lowest BCUT2D eigenvalue weighted by atomic mass is 10.2. The van der Waals surface area contributed by atoms with Crippen molar-refractivity contribution in [1.29, 1.82) is 0 Å². The van der Waals surface area contributed by atoms with E-state index in [0.717, 1.165) is 49.9 Å². The molecule has 0 spiro atoms. The second-order valence-corrected chi connectivity index (χ2v) is 5.14. The SMILES string of the molecule is COc1c(CN2CCN(CC(=O)O)CC2)c(C)nn1C. The van der Waals surface area contributed by atoms with Gasteiger partial charge in [-0.25, -0.2) is 4.68 Å². The number of aliphatic carboxylic acids is 1. The van der Waals surface area contributed by atoms with E-state index in [1.54, 1.807) is 11.8 Å². The molecule has 1 N–H and O–H groups in total. The summed E-state index contributed by atoms with van der Waals surface area (Å²) in [5.74, 6) is 0.0405. The summed E-state index contributed by atoms with van der Waals surface area (Å²) < 4.78 is 7.15. The van der Waals surface area contributed by atoms with E-state index in [1.165, 1.54) is 0 Å². The molecule has 2 heterocycles. The van der Waals surface area contributed by atoms with Crippen LogP contribution in [0.5, 0.6) is 5.88 Å². The molecule has 0 aliphatic carbocycles. The van der Waals surface area contributed by atoms with E-state index in [0.29, 0.717) is 0 Å². The van der Waals surface area contributed by atoms with E-state index < -0.39 is 5.97 Å². The van der Waals surface area contributed by atoms with E-state index in [9.17, 15) is 4.79 Å². The number of aryl methyl sites for hydroxylation is 2. The average Bonchev–Trinajstić information content (AvgIpc) is 2.65. The Morgan fingerprint density at radius 1 is 1.30 bits per heavy atom. The topological polar surface area (TPSA) is 70.8 Å². The molecular formula is C13H22N4O3. The number of aromatic nitrogens is 2. The van der Waals surface area contributed by atoms with Crippen LogP contribution >= 0.6 is 0 Å². The first kappa shape index (κ1) is 14.8. The first-order chi connectivity index (χ1) is 9.51. The van der Waals surface area contributed by atoms with Crippen molar-refractivity contribution >= 4 is 5.97 Å². The number of ether oxygens (including phenoxy) is 1. The van der Waals surface area contributed by atoms with Crippen molar-refractivity contribution in [3.63, 3.8) is 0 Å². The zero-order chi connectivity index (χ0) is 14.7. The average molecular weight is 282 g/mol. The highest BCUT2D eigenvalue weighted by Crippen LogP contribution is 2.23. The Morgan fingerprint density at radius 2 is 1.90 bits per heavy atom. The minimum Gasteiger partial charge on any atom is -0.481 e. The highest BCUT2D eigenvalue weighted by atomic mass is 16.5. The number of piperazine rings is 1. The van der Waals surface area contributed by atoms with Crippen molar-refractivity contribution in [3.8, 4) is 5.88 Å². The number of hydrogen-bond acceptors (Lipinski definition) is 5. The summed E-state index contributed by atoms with van der Waals surface area (Å²) in [5.41, 5.74) is 2.10. The number of nitrogens with zero attached hydrogens (tertiary/aromatic N) is 4. The second-order valence-electron chi connectivity index (χ2n) is 5.14. The minimum atomic E-state index is -0.761. The van der Waals surface area contributed by atoms with Crippen LogP contribution in [0.15, 0.2) is 0 Å². The highest BCUT2D eigenvalue weighted by Gasteiger charge is 2.22. The molecule has 7 nitrogen and oxygen atoms in total. The Hall–Kier alpha value is -1.60. The predicted octanol–water partition coefficient (Wildman–Crippen LogP) is -0.0607. The van der Waals surface area contributed by atoms with Crippen molar-refractivity contribution in [2.45, 2.75) is 13.5 Å². The molecule has 0 aromatic carbocycles. The van der Waals surface area contributed by atoms with Gasteiger partial charge in [0.2, 0.25) is 5.88 Å². The number of hydrogen-bond donors (Lipinski definition) is 1. The van der Waals surface area contributed by atoms with E-state index in [2.05, 4.69) is 10.00 Å². The summed E-state index contributed by atoms with van der Waals surface area (Å²) in [6.07, 6.45) is 0. The fraction of sp³-hybridized carbons (Fsp3) is 0.692. The molecule has 0 amide bonds. The van der Waals surface area contributed by atoms with Gasteiger partial charge in [0, 0.05) is 39.8 Å². The van der Waals surface area contributed by atoms with Crippen molar-refractivity contribution in [2.75, 3.05) is 39.8 Å². The molecule has 112 valence electrons. The van der Waals surface area contributed by atoms with Crippen LogP contribution < -0.4 is 4.74 Å². The number of carboxylic acid groups (broad SMARTS) is 1. The number of carbonyl (C=O) groups is 1. The van der Waals surface area contributed by atoms with Crippen molar-refractivity contribution in [3.05, 3.63) is 11.3 Å². The van der Waals surface area contributed by atoms with Gasteiger partial charge >= 0.3 is 5.97 Å². The van der Waals surface area contributed by atoms with Gasteiger partial charge in [0.05, 0.1) is 24.9 Å². The molecule has 0 bridgehead atoms. The van der Waals surface area contributed by atoms with Crippen LogP contribution in [0.25, 0.3) is 0 Å². The van der Waals surface area contributed by atoms with Crippen LogP contribution in [0.2, 0.25) is 0 Å². The largest absolute Gasteiger partial charge is 0.481 e. The summed E-state index contributed by atoms with van der Waals surface area (Å²) in [7, 11) is 3.53. The number of methoxy groups -OCH3 is 1. The van der Waals surface area contributed by atoms with Crippen LogP contribution in [0.1, 0.15) is 11.3 Å². The molecule has 0 radical (unpaired) electrons. The van der Waals surface area contributed by atoms with Gasteiger partial charge in [0.25, 0.3) is 0 Å². The summed E-state index contributed by atoms with van der Waals surface area (Å²) >= 11 is 0. The number of rotatable bonds is 5. The van der Waals surface area contributed by atoms with Gasteiger partial charge in [-0.2, -0.15) is 5.10 Å². The van der Waals surface area contributed by atoms with Crippen molar-refractivity contribution in [2.24, 2.45) is 7.05 Å². The molecule has 1 aromatic heterocycles. The van der Waals surface area contributed by atoms with Crippen LogP contribution in [0.4, 0.5) is 0 Å². The first-order valence-electron chi connectivity index (χ1n) is 6.74. The second kappa shape index (κ2) is 6.23.